The molecule has 0 aliphatic rings. The number of rotatable bonds is 6. The first-order chi connectivity index (χ1) is 8.26. The lowest BCUT2D eigenvalue weighted by Crippen LogP contribution is -1.90. The molecule has 0 saturated heterocycles. The highest BCUT2D eigenvalue weighted by atomic mass is 16.5. The van der Waals surface area contributed by atoms with Crippen LogP contribution >= 0.6 is 0 Å². The highest BCUT2D eigenvalue weighted by Crippen LogP contribution is 2.18. The first kappa shape index (κ1) is 15.8. The number of unbranched alkanes of at least 4 members (excludes halogenated alkanes) is 2. The summed E-state index contributed by atoms with van der Waals surface area (Å²) < 4.78 is 5.25. The van der Waals surface area contributed by atoms with E-state index >= 15 is 0 Å². The van der Waals surface area contributed by atoms with Crippen LogP contribution < -0.4 is 4.74 Å². The van der Waals surface area contributed by atoms with Crippen LogP contribution in [0, 0.1) is 6.92 Å². The Bertz CT molecular complexity index is 315. The maximum Gasteiger partial charge on any atom is 0.119 e. The second-order valence-corrected chi connectivity index (χ2v) is 3.89. The smallest absolute Gasteiger partial charge is 0.119 e. The van der Waals surface area contributed by atoms with Gasteiger partial charge in [0.1, 0.15) is 5.75 Å². The van der Waals surface area contributed by atoms with E-state index in [1.165, 1.54) is 24.0 Å². The van der Waals surface area contributed by atoms with Gasteiger partial charge >= 0.3 is 0 Å². The van der Waals surface area contributed by atoms with E-state index in [4.69, 9.17) is 4.74 Å². The number of ether oxygens (including phenoxy) is 1. The van der Waals surface area contributed by atoms with Gasteiger partial charge in [0, 0.05) is 0 Å². The Kier molecular flexibility index (Phi) is 9.22. The van der Waals surface area contributed by atoms with Gasteiger partial charge in [0.2, 0.25) is 0 Å². The van der Waals surface area contributed by atoms with E-state index < -0.39 is 0 Å². The van der Waals surface area contributed by atoms with Crippen molar-refractivity contribution in [3.05, 3.63) is 42.0 Å². The largest absolute Gasteiger partial charge is 0.497 e. The van der Waals surface area contributed by atoms with Gasteiger partial charge in [0.05, 0.1) is 7.11 Å². The fourth-order valence-electron chi connectivity index (χ4n) is 1.70. The molecule has 1 heteroatoms. The first-order valence-corrected chi connectivity index (χ1v) is 6.51. The van der Waals surface area contributed by atoms with Crippen molar-refractivity contribution in [3.63, 3.8) is 0 Å². The Morgan fingerprint density at radius 2 is 1.88 bits per heavy atom. The summed E-state index contributed by atoms with van der Waals surface area (Å²) in [6.07, 6.45) is 6.67. The molecule has 1 aromatic rings. The van der Waals surface area contributed by atoms with E-state index in [0.29, 0.717) is 0 Å². The van der Waals surface area contributed by atoms with Gasteiger partial charge in [-0.15, -0.1) is 6.58 Å². The number of benzene rings is 1. The average molecular weight is 234 g/mol. The fourth-order valence-corrected chi connectivity index (χ4v) is 1.70. The SMILES string of the molecule is C=CCCCCc1cc(C)cc(OC)c1.CC. The van der Waals surface area contributed by atoms with Crippen molar-refractivity contribution in [1.29, 1.82) is 0 Å². The number of allylic oxidation sites excluding steroid dienone is 1. The Hall–Kier alpha value is -1.24. The van der Waals surface area contributed by atoms with Gasteiger partial charge in [-0.3, -0.25) is 0 Å². The van der Waals surface area contributed by atoms with Gasteiger partial charge < -0.3 is 4.74 Å². The molecule has 0 fully saturated rings. The third kappa shape index (κ3) is 6.83. The van der Waals surface area contributed by atoms with E-state index in [9.17, 15) is 0 Å². The standard InChI is InChI=1S/C14H20O.C2H6/c1-4-5-6-7-8-13-9-12(2)10-14(11-13)15-3;1-2/h4,9-11H,1,5-8H2,2-3H3;1-2H3. The summed E-state index contributed by atoms with van der Waals surface area (Å²) in [6, 6.07) is 6.42. The number of hydrogen-bond donors (Lipinski definition) is 0. The molecule has 0 unspecified atom stereocenters. The predicted octanol–water partition coefficient (Wildman–Crippen LogP) is 4.93. The Labute approximate surface area is 107 Å². The molecule has 1 nitrogen and oxygen atoms in total. The summed E-state index contributed by atoms with van der Waals surface area (Å²) in [7, 11) is 1.72. The van der Waals surface area contributed by atoms with E-state index in [1.54, 1.807) is 7.11 Å². The van der Waals surface area contributed by atoms with Crippen molar-refractivity contribution in [2.24, 2.45) is 0 Å². The number of hydrogen-bond acceptors (Lipinski definition) is 1. The summed E-state index contributed by atoms with van der Waals surface area (Å²) in [6.45, 7) is 9.83. The molecule has 1 rings (SSSR count). The van der Waals surface area contributed by atoms with Gasteiger partial charge in [-0.25, -0.2) is 0 Å². The van der Waals surface area contributed by atoms with Crippen LogP contribution in [0.5, 0.6) is 5.75 Å². The monoisotopic (exact) mass is 234 g/mol. The number of aryl methyl sites for hydroxylation is 2. The van der Waals surface area contributed by atoms with Crippen LogP contribution in [0.1, 0.15) is 44.2 Å². The molecule has 0 aliphatic heterocycles. The third-order valence-electron chi connectivity index (χ3n) is 2.47. The molecule has 0 aliphatic carbocycles. The lowest BCUT2D eigenvalue weighted by molar-refractivity contribution is 0.414. The van der Waals surface area contributed by atoms with Gasteiger partial charge in [-0.2, -0.15) is 0 Å². The molecule has 0 amide bonds. The highest BCUT2D eigenvalue weighted by molar-refractivity contribution is 5.33. The van der Waals surface area contributed by atoms with Gasteiger partial charge in [0.15, 0.2) is 0 Å². The summed E-state index contributed by atoms with van der Waals surface area (Å²) in [5.41, 5.74) is 2.64. The molecular weight excluding hydrogens is 208 g/mol. The zero-order valence-corrected chi connectivity index (χ0v) is 11.8. The maximum absolute atomic E-state index is 5.25. The lowest BCUT2D eigenvalue weighted by Gasteiger charge is -2.06. The van der Waals surface area contributed by atoms with Crippen molar-refractivity contribution in [2.45, 2.75) is 46.5 Å². The second-order valence-electron chi connectivity index (χ2n) is 3.89. The number of methoxy groups -OCH3 is 1. The highest BCUT2D eigenvalue weighted by Gasteiger charge is 1.98. The summed E-state index contributed by atoms with van der Waals surface area (Å²) in [4.78, 5) is 0. The molecule has 0 bridgehead atoms. The quantitative estimate of drug-likeness (QED) is 0.501. The summed E-state index contributed by atoms with van der Waals surface area (Å²) in [5, 5.41) is 0. The summed E-state index contributed by atoms with van der Waals surface area (Å²) >= 11 is 0. The van der Waals surface area contributed by atoms with Crippen LogP contribution in [0.25, 0.3) is 0 Å². The van der Waals surface area contributed by atoms with Crippen molar-refractivity contribution < 1.29 is 4.74 Å². The van der Waals surface area contributed by atoms with Crippen LogP contribution in [0.3, 0.4) is 0 Å². The molecule has 1 aromatic carbocycles. The normalized spacial score (nSPS) is 9.18. The fraction of sp³-hybridized carbons (Fsp3) is 0.500. The minimum absolute atomic E-state index is 0.966. The van der Waals surface area contributed by atoms with Crippen molar-refractivity contribution in [1.82, 2.24) is 0 Å². The maximum atomic E-state index is 5.25. The minimum atomic E-state index is 0.966. The molecule has 96 valence electrons. The lowest BCUT2D eigenvalue weighted by atomic mass is 10.0. The van der Waals surface area contributed by atoms with E-state index in [1.807, 2.05) is 19.9 Å². The molecule has 0 aromatic heterocycles. The van der Waals surface area contributed by atoms with Crippen molar-refractivity contribution in [3.8, 4) is 5.75 Å². The molecule has 0 radical (unpaired) electrons. The first-order valence-electron chi connectivity index (χ1n) is 6.51. The average Bonchev–Trinajstić information content (AvgIpc) is 2.36. The van der Waals surface area contributed by atoms with Crippen LogP contribution in [0.15, 0.2) is 30.9 Å². The molecule has 0 heterocycles. The Balaban J connectivity index is 0.00000121. The van der Waals surface area contributed by atoms with Crippen LogP contribution in [-0.2, 0) is 6.42 Å². The van der Waals surface area contributed by atoms with Crippen LogP contribution in [0.4, 0.5) is 0 Å². The molecule has 0 spiro atoms. The van der Waals surface area contributed by atoms with Gasteiger partial charge in [0.25, 0.3) is 0 Å². The third-order valence-corrected chi connectivity index (χ3v) is 2.47. The van der Waals surface area contributed by atoms with Crippen molar-refractivity contribution in [2.75, 3.05) is 7.11 Å². The van der Waals surface area contributed by atoms with Gasteiger partial charge in [-0.1, -0.05) is 26.0 Å². The van der Waals surface area contributed by atoms with Crippen LogP contribution in [0.2, 0.25) is 0 Å². The molecular formula is C16H26O. The zero-order chi connectivity index (χ0) is 13.1. The molecule has 0 saturated carbocycles. The Morgan fingerprint density at radius 1 is 1.18 bits per heavy atom. The van der Waals surface area contributed by atoms with E-state index in [0.717, 1.165) is 18.6 Å². The second kappa shape index (κ2) is 9.95. The van der Waals surface area contributed by atoms with Crippen LogP contribution in [-0.4, -0.2) is 7.11 Å². The van der Waals surface area contributed by atoms with E-state index in [2.05, 4.69) is 31.7 Å². The molecule has 0 N–H and O–H groups in total. The van der Waals surface area contributed by atoms with E-state index in [-0.39, 0.29) is 0 Å². The summed E-state index contributed by atoms with van der Waals surface area (Å²) in [5.74, 6) is 0.966. The predicted molar refractivity (Wildman–Crippen MR) is 76.8 cm³/mol. The minimum Gasteiger partial charge on any atom is -0.497 e. The topological polar surface area (TPSA) is 9.23 Å². The van der Waals surface area contributed by atoms with Gasteiger partial charge in [-0.05, 0) is 55.9 Å². The van der Waals surface area contributed by atoms with Crippen molar-refractivity contribution >= 4 is 0 Å². The Morgan fingerprint density at radius 3 is 2.47 bits per heavy atom. The molecule has 17 heavy (non-hydrogen) atoms. The zero-order valence-electron chi connectivity index (χ0n) is 11.8. The molecule has 0 atom stereocenters.